The highest BCUT2D eigenvalue weighted by atomic mass is 16.6. The summed E-state index contributed by atoms with van der Waals surface area (Å²) in [6, 6.07) is 0. The van der Waals surface area contributed by atoms with Gasteiger partial charge in [0, 0.05) is 5.28 Å². The maximum atomic E-state index is 4.28. The second kappa shape index (κ2) is 1.01. The molecule has 0 spiro atoms. The summed E-state index contributed by atoms with van der Waals surface area (Å²) in [5.41, 5.74) is 0. The molecular weight excluding hydrogens is 68.0 g/mol. The Hall–Kier alpha value is -0.600. The molecular formula is C2H3N2O. The summed E-state index contributed by atoms with van der Waals surface area (Å²) in [4.78, 5) is 4.28. The number of hydrogen-bond acceptors (Lipinski definition) is 3. The Morgan fingerprint density at radius 1 is 1.80 bits per heavy atom. The van der Waals surface area contributed by atoms with Crippen LogP contribution in [-0.2, 0) is 4.84 Å². The van der Waals surface area contributed by atoms with Gasteiger partial charge >= 0.3 is 0 Å². The standard InChI is InChI=1S/C2H3N2O/c1-2-5-4-3-1/h2H,1H2. The van der Waals surface area contributed by atoms with Gasteiger partial charge in [-0.05, 0) is 0 Å². The van der Waals surface area contributed by atoms with Crippen LogP contribution in [0, 0.1) is 6.61 Å². The molecule has 1 radical (unpaired) electrons. The summed E-state index contributed by atoms with van der Waals surface area (Å²) in [6.07, 6.45) is 0. The van der Waals surface area contributed by atoms with Crippen molar-refractivity contribution in [3.05, 3.63) is 6.61 Å². The highest BCUT2D eigenvalue weighted by Gasteiger charge is 1.89. The van der Waals surface area contributed by atoms with Crippen molar-refractivity contribution in [2.75, 3.05) is 6.54 Å². The third kappa shape index (κ3) is 0.344. The minimum Gasteiger partial charge on any atom is -0.370 e. The summed E-state index contributed by atoms with van der Waals surface area (Å²) in [6.45, 7) is 2.14. The van der Waals surface area contributed by atoms with Gasteiger partial charge in [-0.1, -0.05) is 0 Å². The normalized spacial score (nSPS) is 19.2. The molecule has 5 heavy (non-hydrogen) atoms. The fraction of sp³-hybridized carbons (Fsp3) is 0.500. The zero-order chi connectivity index (χ0) is 3.54. The lowest BCUT2D eigenvalue weighted by Gasteiger charge is -1.70. The Morgan fingerprint density at radius 2 is 2.80 bits per heavy atom. The summed E-state index contributed by atoms with van der Waals surface area (Å²) in [5.74, 6) is 0. The largest absolute Gasteiger partial charge is 0.370 e. The highest BCUT2D eigenvalue weighted by molar-refractivity contribution is 4.52. The van der Waals surface area contributed by atoms with Crippen LogP contribution in [0.25, 0.3) is 0 Å². The van der Waals surface area contributed by atoms with Gasteiger partial charge in [0.1, 0.15) is 6.54 Å². The van der Waals surface area contributed by atoms with Gasteiger partial charge in [0.15, 0.2) is 6.61 Å². The number of rotatable bonds is 0. The zero-order valence-electron chi connectivity index (χ0n) is 2.59. The average molecular weight is 71.1 g/mol. The molecule has 0 bridgehead atoms. The molecule has 3 nitrogen and oxygen atoms in total. The van der Waals surface area contributed by atoms with Crippen molar-refractivity contribution < 1.29 is 4.84 Å². The topological polar surface area (TPSA) is 34.0 Å². The molecule has 1 rings (SSSR count). The molecule has 0 aliphatic carbocycles. The van der Waals surface area contributed by atoms with Crippen LogP contribution in [0.3, 0.4) is 0 Å². The van der Waals surface area contributed by atoms with Gasteiger partial charge < -0.3 is 4.84 Å². The van der Waals surface area contributed by atoms with E-state index in [2.05, 4.69) is 15.2 Å². The van der Waals surface area contributed by atoms with Crippen LogP contribution < -0.4 is 0 Å². The SMILES string of the molecule is [CH]1CN=NO1. The Balaban J connectivity index is 2.32. The molecule has 27 valence electrons. The van der Waals surface area contributed by atoms with Crippen LogP contribution in [0.2, 0.25) is 0 Å². The van der Waals surface area contributed by atoms with Crippen molar-refractivity contribution in [3.63, 3.8) is 0 Å². The first-order valence-electron chi connectivity index (χ1n) is 1.34. The van der Waals surface area contributed by atoms with E-state index in [1.54, 1.807) is 0 Å². The summed E-state index contributed by atoms with van der Waals surface area (Å²) in [7, 11) is 0. The van der Waals surface area contributed by atoms with E-state index in [0.717, 1.165) is 0 Å². The first-order valence-corrected chi connectivity index (χ1v) is 1.34. The fourth-order valence-electron chi connectivity index (χ4n) is 0.167. The molecule has 1 aliphatic rings. The average Bonchev–Trinajstić information content (AvgIpc) is 1.76. The van der Waals surface area contributed by atoms with E-state index in [1.165, 1.54) is 6.61 Å². The Morgan fingerprint density at radius 3 is 3.00 bits per heavy atom. The van der Waals surface area contributed by atoms with E-state index >= 15 is 0 Å². The van der Waals surface area contributed by atoms with Crippen molar-refractivity contribution in [3.8, 4) is 0 Å². The van der Waals surface area contributed by atoms with Gasteiger partial charge in [0.25, 0.3) is 0 Å². The van der Waals surface area contributed by atoms with E-state index in [4.69, 9.17) is 0 Å². The van der Waals surface area contributed by atoms with Crippen LogP contribution in [-0.4, -0.2) is 6.54 Å². The zero-order valence-corrected chi connectivity index (χ0v) is 2.59. The van der Waals surface area contributed by atoms with Gasteiger partial charge in [-0.15, -0.1) is 5.11 Å². The minimum absolute atomic E-state index is 0.611. The maximum absolute atomic E-state index is 4.28. The molecule has 0 aromatic carbocycles. The number of hydrogen-bond donors (Lipinski definition) is 0. The Bertz CT molecular complexity index is 45.6. The predicted molar refractivity (Wildman–Crippen MR) is 15.1 cm³/mol. The molecule has 3 heteroatoms. The van der Waals surface area contributed by atoms with Crippen LogP contribution in [0.5, 0.6) is 0 Å². The third-order valence-electron chi connectivity index (χ3n) is 0.336. The predicted octanol–water partition coefficient (Wildman–Crippen LogP) is 0.546. The Kier molecular flexibility index (Phi) is 0.532. The van der Waals surface area contributed by atoms with Gasteiger partial charge in [-0.3, -0.25) is 0 Å². The molecule has 0 N–H and O–H groups in total. The van der Waals surface area contributed by atoms with E-state index in [-0.39, 0.29) is 0 Å². The second-order valence-corrected chi connectivity index (χ2v) is 0.678. The van der Waals surface area contributed by atoms with E-state index < -0.39 is 0 Å². The lowest BCUT2D eigenvalue weighted by Crippen LogP contribution is -1.67. The third-order valence-corrected chi connectivity index (χ3v) is 0.336. The van der Waals surface area contributed by atoms with E-state index in [1.807, 2.05) is 0 Å². The van der Waals surface area contributed by atoms with Crippen LogP contribution in [0.15, 0.2) is 10.4 Å². The smallest absolute Gasteiger partial charge is 0.191 e. The molecule has 0 atom stereocenters. The molecule has 0 unspecified atom stereocenters. The Labute approximate surface area is 29.6 Å². The quantitative estimate of drug-likeness (QED) is 0.410. The summed E-state index contributed by atoms with van der Waals surface area (Å²) >= 11 is 0. The van der Waals surface area contributed by atoms with E-state index in [0.29, 0.717) is 6.54 Å². The molecule has 1 aliphatic heterocycles. The van der Waals surface area contributed by atoms with Crippen LogP contribution in [0.1, 0.15) is 0 Å². The molecule has 1 heterocycles. The van der Waals surface area contributed by atoms with Gasteiger partial charge in [0.2, 0.25) is 0 Å². The molecule has 0 saturated carbocycles. The van der Waals surface area contributed by atoms with E-state index in [9.17, 15) is 0 Å². The fourth-order valence-corrected chi connectivity index (χ4v) is 0.167. The number of nitrogens with zero attached hydrogens (tertiary/aromatic N) is 2. The van der Waals surface area contributed by atoms with Crippen molar-refractivity contribution in [2.45, 2.75) is 0 Å². The lowest BCUT2D eigenvalue weighted by molar-refractivity contribution is 0.230. The van der Waals surface area contributed by atoms with Gasteiger partial charge in [0.05, 0.1) is 0 Å². The molecule has 0 saturated heterocycles. The monoisotopic (exact) mass is 71.0 g/mol. The molecule has 0 aromatic rings. The van der Waals surface area contributed by atoms with Gasteiger partial charge in [-0.25, -0.2) is 0 Å². The second-order valence-electron chi connectivity index (χ2n) is 0.678. The molecule has 0 aromatic heterocycles. The minimum atomic E-state index is 0.611. The van der Waals surface area contributed by atoms with Gasteiger partial charge in [-0.2, -0.15) is 0 Å². The highest BCUT2D eigenvalue weighted by Crippen LogP contribution is 1.92. The molecule has 0 amide bonds. The summed E-state index contributed by atoms with van der Waals surface area (Å²) in [5, 5.41) is 6.58. The first-order chi connectivity index (χ1) is 2.50. The van der Waals surface area contributed by atoms with Crippen molar-refractivity contribution in [2.24, 2.45) is 10.4 Å². The van der Waals surface area contributed by atoms with Crippen molar-refractivity contribution in [1.29, 1.82) is 0 Å². The molecule has 0 fully saturated rings. The van der Waals surface area contributed by atoms with Crippen molar-refractivity contribution >= 4 is 0 Å². The first kappa shape index (κ1) is 2.63. The van der Waals surface area contributed by atoms with Crippen LogP contribution >= 0.6 is 0 Å². The lowest BCUT2D eigenvalue weighted by atomic mass is 10.8. The van der Waals surface area contributed by atoms with Crippen LogP contribution in [0.4, 0.5) is 0 Å². The maximum Gasteiger partial charge on any atom is 0.191 e. The summed E-state index contributed by atoms with van der Waals surface area (Å²) < 4.78 is 0. The van der Waals surface area contributed by atoms with Crippen molar-refractivity contribution in [1.82, 2.24) is 0 Å².